The summed E-state index contributed by atoms with van der Waals surface area (Å²) in [6, 6.07) is 7.14. The van der Waals surface area contributed by atoms with Crippen LogP contribution in [0.25, 0.3) is 11.1 Å². The minimum Gasteiger partial charge on any atom is -0.481 e. The Bertz CT molecular complexity index is 970. The maximum absolute atomic E-state index is 13.0. The van der Waals surface area contributed by atoms with Crippen LogP contribution in [0.4, 0.5) is 5.00 Å². The number of carboxylic acids is 1. The molecule has 0 radical (unpaired) electrons. The maximum Gasteiger partial charge on any atom is 0.341 e. The highest BCUT2D eigenvalue weighted by Gasteiger charge is 2.37. The maximum atomic E-state index is 13.0. The first kappa shape index (κ1) is 22.3. The van der Waals surface area contributed by atoms with Gasteiger partial charge in [0, 0.05) is 15.5 Å². The van der Waals surface area contributed by atoms with Gasteiger partial charge in [0.25, 0.3) is 0 Å². The molecular formula is C22H24ClNO5S. The molecule has 3 rings (SSSR count). The molecule has 1 saturated carbocycles. The van der Waals surface area contributed by atoms with Gasteiger partial charge < -0.3 is 15.2 Å². The number of benzene rings is 1. The van der Waals surface area contributed by atoms with Crippen molar-refractivity contribution in [3.05, 3.63) is 39.7 Å². The average Bonchev–Trinajstić information content (AvgIpc) is 3.03. The quantitative estimate of drug-likeness (QED) is 0.577. The molecule has 1 amide bonds. The molecule has 0 saturated heterocycles. The zero-order valence-electron chi connectivity index (χ0n) is 16.9. The summed E-state index contributed by atoms with van der Waals surface area (Å²) in [6.07, 6.45) is 2.61. The molecular weight excluding hydrogens is 426 g/mol. The third kappa shape index (κ3) is 4.68. The molecule has 6 nitrogen and oxygen atoms in total. The Labute approximate surface area is 184 Å². The van der Waals surface area contributed by atoms with Crippen LogP contribution in [0.5, 0.6) is 0 Å². The number of nitrogens with one attached hydrogen (secondary N) is 1. The first-order valence-electron chi connectivity index (χ1n) is 9.93. The molecule has 1 aromatic carbocycles. The molecule has 2 N–H and O–H groups in total. The van der Waals surface area contributed by atoms with Gasteiger partial charge in [-0.3, -0.25) is 9.59 Å². The molecule has 1 aromatic heterocycles. The number of halogens is 1. The van der Waals surface area contributed by atoms with Crippen LogP contribution >= 0.6 is 22.9 Å². The van der Waals surface area contributed by atoms with Crippen molar-refractivity contribution in [3.8, 4) is 11.1 Å². The van der Waals surface area contributed by atoms with E-state index in [4.69, 9.17) is 16.3 Å². The van der Waals surface area contributed by atoms with E-state index >= 15 is 0 Å². The van der Waals surface area contributed by atoms with E-state index in [9.17, 15) is 19.5 Å². The number of amides is 1. The number of anilines is 1. The molecule has 2 aromatic rings. The van der Waals surface area contributed by atoms with Gasteiger partial charge >= 0.3 is 11.9 Å². The fourth-order valence-electron chi connectivity index (χ4n) is 3.97. The average molecular weight is 450 g/mol. The Kier molecular flexibility index (Phi) is 7.15. The van der Waals surface area contributed by atoms with Crippen molar-refractivity contribution >= 4 is 45.8 Å². The van der Waals surface area contributed by atoms with Crippen LogP contribution in [0.2, 0.25) is 5.02 Å². The predicted octanol–water partition coefficient (Wildman–Crippen LogP) is 5.38. The minimum atomic E-state index is -0.956. The number of carboxylic acid groups (broad SMARTS) is 1. The summed E-state index contributed by atoms with van der Waals surface area (Å²) in [6.45, 7) is 3.77. The number of carbonyl (C=O) groups is 3. The Hall–Kier alpha value is -2.38. The fraction of sp³-hybridized carbons (Fsp3) is 0.409. The summed E-state index contributed by atoms with van der Waals surface area (Å²) < 4.78 is 5.25. The summed E-state index contributed by atoms with van der Waals surface area (Å²) in [7, 11) is 0. The smallest absolute Gasteiger partial charge is 0.341 e. The molecule has 30 heavy (non-hydrogen) atoms. The standard InChI is InChI=1S/C22H24ClNO5S/c1-3-29-22(28)18-17(13-7-6-8-14(23)11-13)12(2)30-20(18)24-19(25)15-9-4-5-10-16(15)21(26)27/h6-8,11,15-16H,3-5,9-10H2,1-2H3,(H,24,25)(H,26,27)/t15-,16-/m0/s1. The number of esters is 1. The SMILES string of the molecule is CCOC(=O)c1c(NC(=O)[C@H]2CCCC[C@@H]2C(=O)O)sc(C)c1-c1cccc(Cl)c1. The highest BCUT2D eigenvalue weighted by Crippen LogP contribution is 2.42. The zero-order valence-corrected chi connectivity index (χ0v) is 18.4. The van der Waals surface area contributed by atoms with Crippen LogP contribution in [-0.2, 0) is 14.3 Å². The van der Waals surface area contributed by atoms with Gasteiger partial charge in [-0.1, -0.05) is 36.6 Å². The molecule has 1 fully saturated rings. The van der Waals surface area contributed by atoms with Crippen molar-refractivity contribution in [1.82, 2.24) is 0 Å². The summed E-state index contributed by atoms with van der Waals surface area (Å²) in [5, 5.41) is 13.2. The fourth-order valence-corrected chi connectivity index (χ4v) is 5.22. The molecule has 0 aliphatic heterocycles. The van der Waals surface area contributed by atoms with Crippen LogP contribution in [0.3, 0.4) is 0 Å². The van der Waals surface area contributed by atoms with E-state index in [-0.39, 0.29) is 18.1 Å². The third-order valence-corrected chi connectivity index (χ3v) is 6.59. The molecule has 2 atom stereocenters. The molecule has 1 aliphatic rings. The van der Waals surface area contributed by atoms with Crippen molar-refractivity contribution in [2.24, 2.45) is 11.8 Å². The van der Waals surface area contributed by atoms with E-state index in [0.29, 0.717) is 28.4 Å². The Morgan fingerprint density at radius 1 is 1.23 bits per heavy atom. The lowest BCUT2D eigenvalue weighted by molar-refractivity contribution is -0.147. The van der Waals surface area contributed by atoms with E-state index in [1.54, 1.807) is 25.1 Å². The normalized spacial score (nSPS) is 18.6. The number of carbonyl (C=O) groups excluding carboxylic acids is 2. The van der Waals surface area contributed by atoms with E-state index in [2.05, 4.69) is 5.32 Å². The van der Waals surface area contributed by atoms with Crippen molar-refractivity contribution < 1.29 is 24.2 Å². The number of rotatable bonds is 6. The van der Waals surface area contributed by atoms with Crippen LogP contribution in [0.15, 0.2) is 24.3 Å². The van der Waals surface area contributed by atoms with E-state index in [0.717, 1.165) is 23.3 Å². The summed E-state index contributed by atoms with van der Waals surface area (Å²) >= 11 is 7.41. The van der Waals surface area contributed by atoms with Crippen LogP contribution in [0, 0.1) is 18.8 Å². The number of aliphatic carboxylic acids is 1. The highest BCUT2D eigenvalue weighted by atomic mass is 35.5. The topological polar surface area (TPSA) is 92.7 Å². The Morgan fingerprint density at radius 3 is 2.57 bits per heavy atom. The largest absolute Gasteiger partial charge is 0.481 e. The number of thiophene rings is 1. The highest BCUT2D eigenvalue weighted by molar-refractivity contribution is 7.17. The summed E-state index contributed by atoms with van der Waals surface area (Å²) in [5.74, 6) is -3.19. The van der Waals surface area contributed by atoms with Crippen molar-refractivity contribution in [2.75, 3.05) is 11.9 Å². The van der Waals surface area contributed by atoms with Gasteiger partial charge in [0.1, 0.15) is 10.6 Å². The van der Waals surface area contributed by atoms with E-state index in [1.165, 1.54) is 11.3 Å². The molecule has 1 aliphatic carbocycles. The van der Waals surface area contributed by atoms with Gasteiger partial charge in [-0.2, -0.15) is 0 Å². The van der Waals surface area contributed by atoms with Gasteiger partial charge in [0.05, 0.1) is 18.4 Å². The third-order valence-electron chi connectivity index (χ3n) is 5.33. The Morgan fingerprint density at radius 2 is 1.93 bits per heavy atom. The lowest BCUT2D eigenvalue weighted by Gasteiger charge is -2.27. The molecule has 1 heterocycles. The van der Waals surface area contributed by atoms with Gasteiger partial charge in [0.2, 0.25) is 5.91 Å². The Balaban J connectivity index is 2.00. The zero-order chi connectivity index (χ0) is 21.8. The summed E-state index contributed by atoms with van der Waals surface area (Å²) in [4.78, 5) is 38.2. The van der Waals surface area contributed by atoms with E-state index < -0.39 is 23.8 Å². The van der Waals surface area contributed by atoms with Gasteiger partial charge in [0.15, 0.2) is 0 Å². The molecule has 0 unspecified atom stereocenters. The number of hydrogen-bond acceptors (Lipinski definition) is 5. The second-order valence-electron chi connectivity index (χ2n) is 7.29. The molecule has 0 bridgehead atoms. The van der Waals surface area contributed by atoms with E-state index in [1.807, 2.05) is 13.0 Å². The van der Waals surface area contributed by atoms with Crippen LogP contribution < -0.4 is 5.32 Å². The lowest BCUT2D eigenvalue weighted by Crippen LogP contribution is -2.36. The van der Waals surface area contributed by atoms with Crippen molar-refractivity contribution in [2.45, 2.75) is 39.5 Å². The number of ether oxygens (including phenoxy) is 1. The second kappa shape index (κ2) is 9.62. The monoisotopic (exact) mass is 449 g/mol. The van der Waals surface area contributed by atoms with Crippen LogP contribution in [-0.4, -0.2) is 29.6 Å². The molecule has 160 valence electrons. The van der Waals surface area contributed by atoms with Crippen molar-refractivity contribution in [3.63, 3.8) is 0 Å². The number of aryl methyl sites for hydroxylation is 1. The van der Waals surface area contributed by atoms with Crippen molar-refractivity contribution in [1.29, 1.82) is 0 Å². The lowest BCUT2D eigenvalue weighted by atomic mass is 9.78. The summed E-state index contributed by atoms with van der Waals surface area (Å²) in [5.41, 5.74) is 1.69. The second-order valence-corrected chi connectivity index (χ2v) is 8.95. The molecule has 0 spiro atoms. The van der Waals surface area contributed by atoms with Gasteiger partial charge in [-0.15, -0.1) is 11.3 Å². The first-order valence-corrected chi connectivity index (χ1v) is 11.1. The van der Waals surface area contributed by atoms with Crippen LogP contribution in [0.1, 0.15) is 47.8 Å². The van der Waals surface area contributed by atoms with Gasteiger partial charge in [-0.05, 0) is 44.4 Å². The first-order chi connectivity index (χ1) is 14.3. The van der Waals surface area contributed by atoms with Gasteiger partial charge in [-0.25, -0.2) is 4.79 Å². The minimum absolute atomic E-state index is 0.194. The number of hydrogen-bond donors (Lipinski definition) is 2. The predicted molar refractivity (Wildman–Crippen MR) is 117 cm³/mol. The molecule has 8 heteroatoms.